The van der Waals surface area contributed by atoms with Crippen LogP contribution in [0.5, 0.6) is 0 Å². The molecule has 0 bridgehead atoms. The molecule has 0 aliphatic heterocycles. The minimum absolute atomic E-state index is 0.238. The van der Waals surface area contributed by atoms with Crippen LogP contribution in [-0.4, -0.2) is 14.5 Å². The number of hydrogen-bond acceptors (Lipinski definition) is 3. The molecule has 0 saturated carbocycles. The zero-order chi connectivity index (χ0) is 13.0. The van der Waals surface area contributed by atoms with Crippen molar-refractivity contribution in [3.63, 3.8) is 0 Å². The lowest BCUT2D eigenvalue weighted by atomic mass is 10.2. The van der Waals surface area contributed by atoms with Crippen LogP contribution in [0.1, 0.15) is 44.2 Å². The topological polar surface area (TPSA) is 42.7 Å². The van der Waals surface area contributed by atoms with E-state index >= 15 is 0 Å². The maximum Gasteiger partial charge on any atom is 0.0951 e. The molecule has 0 fully saturated rings. The summed E-state index contributed by atoms with van der Waals surface area (Å²) < 4.78 is 2.18. The fourth-order valence-electron chi connectivity index (χ4n) is 1.93. The van der Waals surface area contributed by atoms with Gasteiger partial charge in [-0.25, -0.2) is 4.98 Å². The lowest BCUT2D eigenvalue weighted by Gasteiger charge is -2.16. The molecule has 2 heterocycles. The van der Waals surface area contributed by atoms with Gasteiger partial charge in [0.1, 0.15) is 0 Å². The molecule has 0 saturated heterocycles. The van der Waals surface area contributed by atoms with E-state index < -0.39 is 0 Å². The van der Waals surface area contributed by atoms with Crippen molar-refractivity contribution in [3.05, 3.63) is 48.3 Å². The quantitative estimate of drug-likeness (QED) is 0.879. The number of nitrogens with one attached hydrogen (secondary N) is 1. The van der Waals surface area contributed by atoms with Crippen LogP contribution in [0.2, 0.25) is 0 Å². The van der Waals surface area contributed by atoms with Gasteiger partial charge in [-0.1, -0.05) is 6.07 Å². The van der Waals surface area contributed by atoms with Crippen molar-refractivity contribution in [2.24, 2.45) is 0 Å². The molecule has 1 atom stereocenters. The first-order valence-electron chi connectivity index (χ1n) is 6.33. The average Bonchev–Trinajstić information content (AvgIpc) is 2.85. The normalized spacial score (nSPS) is 12.9. The molecule has 0 aromatic carbocycles. The summed E-state index contributed by atoms with van der Waals surface area (Å²) in [6.45, 7) is 7.25. The van der Waals surface area contributed by atoms with Gasteiger partial charge in [-0.2, -0.15) is 0 Å². The Morgan fingerprint density at radius 2 is 2.11 bits per heavy atom. The van der Waals surface area contributed by atoms with E-state index in [-0.39, 0.29) is 6.04 Å². The first-order chi connectivity index (χ1) is 8.68. The van der Waals surface area contributed by atoms with Crippen LogP contribution in [0.3, 0.4) is 0 Å². The molecule has 4 heteroatoms. The van der Waals surface area contributed by atoms with Gasteiger partial charge in [-0.3, -0.25) is 4.98 Å². The number of hydrogen-bond donors (Lipinski definition) is 1. The van der Waals surface area contributed by atoms with Crippen molar-refractivity contribution < 1.29 is 0 Å². The Morgan fingerprint density at radius 3 is 2.78 bits per heavy atom. The predicted octanol–water partition coefficient (Wildman–Crippen LogP) is 2.71. The van der Waals surface area contributed by atoms with Crippen LogP contribution in [-0.2, 0) is 6.54 Å². The summed E-state index contributed by atoms with van der Waals surface area (Å²) in [6, 6.07) is 6.66. The Morgan fingerprint density at radius 1 is 1.28 bits per heavy atom. The van der Waals surface area contributed by atoms with Gasteiger partial charge in [-0.15, -0.1) is 0 Å². The summed E-state index contributed by atoms with van der Waals surface area (Å²) in [4.78, 5) is 8.55. The SMILES string of the molecule is CC(C)n1cncc1CN[C@H](C)c1ccccn1. The molecule has 0 aliphatic carbocycles. The lowest BCUT2D eigenvalue weighted by Crippen LogP contribution is -2.21. The Kier molecular flexibility index (Phi) is 4.10. The maximum absolute atomic E-state index is 4.35. The van der Waals surface area contributed by atoms with Crippen LogP contribution < -0.4 is 5.32 Å². The summed E-state index contributed by atoms with van der Waals surface area (Å²) in [6.07, 6.45) is 5.62. The average molecular weight is 244 g/mol. The van der Waals surface area contributed by atoms with E-state index in [2.05, 4.69) is 40.6 Å². The Bertz CT molecular complexity index is 476. The van der Waals surface area contributed by atoms with Gasteiger partial charge in [0.05, 0.1) is 17.7 Å². The van der Waals surface area contributed by atoms with Crippen molar-refractivity contribution in [1.82, 2.24) is 19.9 Å². The molecule has 1 N–H and O–H groups in total. The number of imidazole rings is 1. The molecule has 2 aromatic heterocycles. The Hall–Kier alpha value is -1.68. The summed E-state index contributed by atoms with van der Waals surface area (Å²) in [5, 5.41) is 3.47. The number of nitrogens with zero attached hydrogens (tertiary/aromatic N) is 3. The van der Waals surface area contributed by atoms with Crippen molar-refractivity contribution in [1.29, 1.82) is 0 Å². The molecule has 0 spiro atoms. The molecule has 0 radical (unpaired) electrons. The first-order valence-corrected chi connectivity index (χ1v) is 6.33. The predicted molar refractivity (Wildman–Crippen MR) is 72.1 cm³/mol. The monoisotopic (exact) mass is 244 g/mol. The molecular weight excluding hydrogens is 224 g/mol. The van der Waals surface area contributed by atoms with E-state index in [1.165, 1.54) is 5.69 Å². The van der Waals surface area contributed by atoms with Crippen LogP contribution in [0.4, 0.5) is 0 Å². The van der Waals surface area contributed by atoms with Crippen LogP contribution in [0, 0.1) is 0 Å². The van der Waals surface area contributed by atoms with E-state index in [4.69, 9.17) is 0 Å². The summed E-state index contributed by atoms with van der Waals surface area (Å²) in [5.74, 6) is 0. The highest BCUT2D eigenvalue weighted by Gasteiger charge is 2.09. The minimum atomic E-state index is 0.238. The molecule has 0 unspecified atom stereocenters. The van der Waals surface area contributed by atoms with E-state index in [0.29, 0.717) is 6.04 Å². The highest BCUT2D eigenvalue weighted by Crippen LogP contribution is 2.12. The molecule has 0 amide bonds. The summed E-state index contributed by atoms with van der Waals surface area (Å²) in [7, 11) is 0. The second kappa shape index (κ2) is 5.78. The van der Waals surface area contributed by atoms with E-state index in [9.17, 15) is 0 Å². The first kappa shape index (κ1) is 12.8. The lowest BCUT2D eigenvalue weighted by molar-refractivity contribution is 0.512. The number of pyridine rings is 1. The number of rotatable bonds is 5. The van der Waals surface area contributed by atoms with Gasteiger partial charge in [0.25, 0.3) is 0 Å². The molecule has 2 aromatic rings. The van der Waals surface area contributed by atoms with Crippen LogP contribution >= 0.6 is 0 Å². The fourth-order valence-corrected chi connectivity index (χ4v) is 1.93. The second-order valence-corrected chi connectivity index (χ2v) is 4.74. The van der Waals surface area contributed by atoms with Crippen LogP contribution in [0.15, 0.2) is 36.9 Å². The van der Waals surface area contributed by atoms with Gasteiger partial charge in [0.2, 0.25) is 0 Å². The summed E-state index contributed by atoms with van der Waals surface area (Å²) in [5.41, 5.74) is 2.26. The highest BCUT2D eigenvalue weighted by molar-refractivity contribution is 5.08. The van der Waals surface area contributed by atoms with E-state index in [1.807, 2.05) is 36.9 Å². The fraction of sp³-hybridized carbons (Fsp3) is 0.429. The number of aromatic nitrogens is 3. The zero-order valence-corrected chi connectivity index (χ0v) is 11.2. The highest BCUT2D eigenvalue weighted by atomic mass is 15.1. The van der Waals surface area contributed by atoms with Crippen molar-refractivity contribution in [2.45, 2.75) is 39.4 Å². The Balaban J connectivity index is 1.97. The van der Waals surface area contributed by atoms with Gasteiger partial charge >= 0.3 is 0 Å². The molecule has 0 aliphatic rings. The van der Waals surface area contributed by atoms with E-state index in [0.717, 1.165) is 12.2 Å². The van der Waals surface area contributed by atoms with Gasteiger partial charge in [-0.05, 0) is 32.9 Å². The molecule has 18 heavy (non-hydrogen) atoms. The molecule has 96 valence electrons. The standard InChI is InChI=1S/C14H20N4/c1-11(2)18-10-15-8-13(18)9-17-12(3)14-6-4-5-7-16-14/h4-8,10-12,17H,9H2,1-3H3/t12-/m1/s1. The van der Waals surface area contributed by atoms with E-state index in [1.54, 1.807) is 0 Å². The zero-order valence-electron chi connectivity index (χ0n) is 11.2. The Labute approximate surface area is 108 Å². The smallest absolute Gasteiger partial charge is 0.0951 e. The summed E-state index contributed by atoms with van der Waals surface area (Å²) >= 11 is 0. The van der Waals surface area contributed by atoms with Crippen LogP contribution in [0.25, 0.3) is 0 Å². The van der Waals surface area contributed by atoms with Gasteiger partial charge in [0.15, 0.2) is 0 Å². The minimum Gasteiger partial charge on any atom is -0.331 e. The van der Waals surface area contributed by atoms with Crippen molar-refractivity contribution in [3.8, 4) is 0 Å². The van der Waals surface area contributed by atoms with Crippen molar-refractivity contribution in [2.75, 3.05) is 0 Å². The third-order valence-corrected chi connectivity index (χ3v) is 3.02. The second-order valence-electron chi connectivity index (χ2n) is 4.74. The van der Waals surface area contributed by atoms with Gasteiger partial charge in [0, 0.05) is 31.0 Å². The maximum atomic E-state index is 4.35. The molecule has 2 rings (SSSR count). The largest absolute Gasteiger partial charge is 0.331 e. The third kappa shape index (κ3) is 2.96. The molecular formula is C14H20N4. The molecule has 4 nitrogen and oxygen atoms in total. The van der Waals surface area contributed by atoms with Crippen molar-refractivity contribution >= 4 is 0 Å². The third-order valence-electron chi connectivity index (χ3n) is 3.02. The van der Waals surface area contributed by atoms with Gasteiger partial charge < -0.3 is 9.88 Å².